The van der Waals surface area contributed by atoms with E-state index in [2.05, 4.69) is 5.32 Å². The minimum Gasteiger partial charge on any atom is -0.368 e. The Morgan fingerprint density at radius 1 is 1.00 bits per heavy atom. The summed E-state index contributed by atoms with van der Waals surface area (Å²) in [7, 11) is 0. The zero-order valence-corrected chi connectivity index (χ0v) is 11.3. The molecule has 1 unspecified atom stereocenters. The van der Waals surface area contributed by atoms with Gasteiger partial charge in [-0.25, -0.2) is 0 Å². The number of hydrogen-bond acceptors (Lipinski definition) is 2. The molecule has 3 N–H and O–H groups in total. The van der Waals surface area contributed by atoms with Gasteiger partial charge in [-0.1, -0.05) is 54.1 Å². The third-order valence-corrected chi connectivity index (χ3v) is 3.14. The number of benzene rings is 2. The molecule has 2 aromatic carbocycles. The molecule has 0 aliphatic rings. The normalized spacial score (nSPS) is 11.7. The van der Waals surface area contributed by atoms with Gasteiger partial charge in [0.2, 0.25) is 5.91 Å². The maximum absolute atomic E-state index is 12.2. The molecule has 2 amide bonds. The third kappa shape index (κ3) is 3.16. The lowest BCUT2D eigenvalue weighted by Crippen LogP contribution is -2.37. The standard InChI is InChI=1S/C15H13ClN2O2/c16-12-9-5-4-8-11(12)15(20)18-13(14(17)19)10-6-2-1-3-7-10/h1-9,13H,(H2,17,19)(H,18,20). The van der Waals surface area contributed by atoms with Crippen molar-refractivity contribution in [1.29, 1.82) is 0 Å². The Bertz CT molecular complexity index is 629. The van der Waals surface area contributed by atoms with E-state index in [1.807, 2.05) is 6.07 Å². The van der Waals surface area contributed by atoms with Crippen LogP contribution in [-0.2, 0) is 4.79 Å². The molecule has 2 rings (SSSR count). The van der Waals surface area contributed by atoms with Gasteiger partial charge in [0.25, 0.3) is 5.91 Å². The van der Waals surface area contributed by atoms with Crippen LogP contribution in [0.2, 0.25) is 5.02 Å². The van der Waals surface area contributed by atoms with Crippen LogP contribution in [-0.4, -0.2) is 11.8 Å². The van der Waals surface area contributed by atoms with E-state index in [0.29, 0.717) is 16.1 Å². The minimum absolute atomic E-state index is 0.302. The Morgan fingerprint density at radius 2 is 1.60 bits per heavy atom. The van der Waals surface area contributed by atoms with E-state index in [9.17, 15) is 9.59 Å². The van der Waals surface area contributed by atoms with Crippen LogP contribution in [0.3, 0.4) is 0 Å². The van der Waals surface area contributed by atoms with Gasteiger partial charge in [-0.3, -0.25) is 9.59 Å². The quantitative estimate of drug-likeness (QED) is 0.906. The molecule has 0 radical (unpaired) electrons. The summed E-state index contributed by atoms with van der Waals surface area (Å²) in [5, 5.41) is 2.91. The maximum atomic E-state index is 12.2. The molecule has 0 aliphatic carbocycles. The largest absolute Gasteiger partial charge is 0.368 e. The third-order valence-electron chi connectivity index (χ3n) is 2.81. The highest BCUT2D eigenvalue weighted by atomic mass is 35.5. The first-order valence-electron chi connectivity index (χ1n) is 5.99. The molecule has 0 fully saturated rings. The topological polar surface area (TPSA) is 72.2 Å². The summed E-state index contributed by atoms with van der Waals surface area (Å²) < 4.78 is 0. The highest BCUT2D eigenvalue weighted by Crippen LogP contribution is 2.17. The van der Waals surface area contributed by atoms with Gasteiger partial charge in [0.1, 0.15) is 6.04 Å². The monoisotopic (exact) mass is 288 g/mol. The number of nitrogens with two attached hydrogens (primary N) is 1. The zero-order valence-electron chi connectivity index (χ0n) is 10.5. The zero-order chi connectivity index (χ0) is 14.5. The van der Waals surface area contributed by atoms with Crippen LogP contribution in [0.4, 0.5) is 0 Å². The molecule has 102 valence electrons. The number of halogens is 1. The number of hydrogen-bond donors (Lipinski definition) is 2. The molecule has 20 heavy (non-hydrogen) atoms. The second-order valence-electron chi connectivity index (χ2n) is 4.20. The molecule has 5 heteroatoms. The predicted octanol–water partition coefficient (Wildman–Crippen LogP) is 2.30. The Morgan fingerprint density at radius 3 is 2.20 bits per heavy atom. The fourth-order valence-electron chi connectivity index (χ4n) is 1.82. The molecular weight excluding hydrogens is 276 g/mol. The molecule has 0 saturated carbocycles. The van der Waals surface area contributed by atoms with Crippen molar-refractivity contribution >= 4 is 23.4 Å². The fraction of sp³-hybridized carbons (Fsp3) is 0.0667. The van der Waals surface area contributed by atoms with Gasteiger partial charge in [0, 0.05) is 0 Å². The second-order valence-corrected chi connectivity index (χ2v) is 4.61. The Hall–Kier alpha value is -2.33. The lowest BCUT2D eigenvalue weighted by molar-refractivity contribution is -0.120. The lowest BCUT2D eigenvalue weighted by atomic mass is 10.1. The van der Waals surface area contributed by atoms with E-state index in [-0.39, 0.29) is 0 Å². The summed E-state index contributed by atoms with van der Waals surface area (Å²) in [6.07, 6.45) is 0. The number of carbonyl (C=O) groups excluding carboxylic acids is 2. The van der Waals surface area contributed by atoms with E-state index in [4.69, 9.17) is 17.3 Å². The SMILES string of the molecule is NC(=O)C(NC(=O)c1ccccc1Cl)c1ccccc1. The molecule has 2 aromatic rings. The van der Waals surface area contributed by atoms with Gasteiger partial charge >= 0.3 is 0 Å². The van der Waals surface area contributed by atoms with E-state index in [0.717, 1.165) is 0 Å². The van der Waals surface area contributed by atoms with Gasteiger partial charge in [0.15, 0.2) is 0 Å². The average Bonchev–Trinajstić information content (AvgIpc) is 2.45. The van der Waals surface area contributed by atoms with Gasteiger partial charge in [0.05, 0.1) is 10.6 Å². The molecule has 0 saturated heterocycles. The van der Waals surface area contributed by atoms with Crippen molar-refractivity contribution < 1.29 is 9.59 Å². The van der Waals surface area contributed by atoms with Crippen molar-refractivity contribution in [2.45, 2.75) is 6.04 Å². The Balaban J connectivity index is 2.24. The van der Waals surface area contributed by atoms with Crippen LogP contribution in [0.25, 0.3) is 0 Å². The second kappa shape index (κ2) is 6.21. The van der Waals surface area contributed by atoms with Crippen LogP contribution in [0.5, 0.6) is 0 Å². The highest BCUT2D eigenvalue weighted by molar-refractivity contribution is 6.33. The van der Waals surface area contributed by atoms with Crippen LogP contribution in [0.15, 0.2) is 54.6 Å². The molecule has 1 atom stereocenters. The number of nitrogens with one attached hydrogen (secondary N) is 1. The molecule has 0 aromatic heterocycles. The van der Waals surface area contributed by atoms with Crippen molar-refractivity contribution in [3.8, 4) is 0 Å². The first-order chi connectivity index (χ1) is 9.59. The van der Waals surface area contributed by atoms with Crippen LogP contribution < -0.4 is 11.1 Å². The number of amides is 2. The Labute approximate surface area is 121 Å². The van der Waals surface area contributed by atoms with E-state index >= 15 is 0 Å². The number of rotatable bonds is 4. The number of primary amides is 1. The minimum atomic E-state index is -0.889. The first-order valence-corrected chi connectivity index (χ1v) is 6.37. The molecule has 0 heterocycles. The first kappa shape index (κ1) is 14.1. The van der Waals surface area contributed by atoms with Crippen molar-refractivity contribution in [2.75, 3.05) is 0 Å². The van der Waals surface area contributed by atoms with Gasteiger partial charge < -0.3 is 11.1 Å². The summed E-state index contributed by atoms with van der Waals surface area (Å²) in [6.45, 7) is 0. The van der Waals surface area contributed by atoms with Gasteiger partial charge in [-0.2, -0.15) is 0 Å². The van der Waals surface area contributed by atoms with Gasteiger partial charge in [-0.05, 0) is 17.7 Å². The van der Waals surface area contributed by atoms with Crippen molar-refractivity contribution in [3.63, 3.8) is 0 Å². The van der Waals surface area contributed by atoms with Crippen molar-refractivity contribution in [2.24, 2.45) is 5.73 Å². The number of carbonyl (C=O) groups is 2. The van der Waals surface area contributed by atoms with E-state index in [1.54, 1.807) is 48.5 Å². The molecule has 0 aliphatic heterocycles. The molecule has 0 spiro atoms. The summed E-state index contributed by atoms with van der Waals surface area (Å²) >= 11 is 5.95. The highest BCUT2D eigenvalue weighted by Gasteiger charge is 2.21. The molecule has 4 nitrogen and oxygen atoms in total. The summed E-state index contributed by atoms with van der Waals surface area (Å²) in [6, 6.07) is 14.5. The van der Waals surface area contributed by atoms with E-state index in [1.165, 1.54) is 0 Å². The van der Waals surface area contributed by atoms with Crippen molar-refractivity contribution in [3.05, 3.63) is 70.7 Å². The van der Waals surface area contributed by atoms with Crippen LogP contribution in [0.1, 0.15) is 22.0 Å². The van der Waals surface area contributed by atoms with Crippen molar-refractivity contribution in [1.82, 2.24) is 5.32 Å². The summed E-state index contributed by atoms with van der Waals surface area (Å²) in [5.74, 6) is -1.07. The van der Waals surface area contributed by atoms with E-state index < -0.39 is 17.9 Å². The Kier molecular flexibility index (Phi) is 4.38. The van der Waals surface area contributed by atoms with Crippen LogP contribution >= 0.6 is 11.6 Å². The predicted molar refractivity (Wildman–Crippen MR) is 77.3 cm³/mol. The molecule has 0 bridgehead atoms. The fourth-order valence-corrected chi connectivity index (χ4v) is 2.04. The van der Waals surface area contributed by atoms with Crippen LogP contribution in [0, 0.1) is 0 Å². The summed E-state index contributed by atoms with van der Waals surface area (Å²) in [5.41, 5.74) is 6.27. The van der Waals surface area contributed by atoms with Gasteiger partial charge in [-0.15, -0.1) is 0 Å². The average molecular weight is 289 g/mol. The lowest BCUT2D eigenvalue weighted by Gasteiger charge is -2.16. The summed E-state index contributed by atoms with van der Waals surface area (Å²) in [4.78, 5) is 23.7. The maximum Gasteiger partial charge on any atom is 0.253 e. The smallest absolute Gasteiger partial charge is 0.253 e. The molecular formula is C15H13ClN2O2.